The van der Waals surface area contributed by atoms with Gasteiger partial charge in [0.15, 0.2) is 5.13 Å². The molecule has 190 valence electrons. The summed E-state index contributed by atoms with van der Waals surface area (Å²) < 4.78 is 10.5. The maximum Gasteiger partial charge on any atom is 0.226 e. The zero-order valence-electron chi connectivity index (χ0n) is 20.7. The number of rotatable bonds is 10. The average molecular weight is 533 g/mol. The van der Waals surface area contributed by atoms with Crippen LogP contribution in [0.4, 0.5) is 5.13 Å². The molecule has 0 saturated carbocycles. The Kier molecular flexibility index (Phi) is 16.4. The van der Waals surface area contributed by atoms with E-state index in [9.17, 15) is 9.00 Å². The molecule has 3 rings (SSSR count). The van der Waals surface area contributed by atoms with Crippen LogP contribution in [-0.4, -0.2) is 26.6 Å². The molecule has 9 heteroatoms. The van der Waals surface area contributed by atoms with Crippen molar-refractivity contribution in [3.05, 3.63) is 71.6 Å². The second-order valence-corrected chi connectivity index (χ2v) is 9.78. The minimum absolute atomic E-state index is 0.0259. The SMILES string of the molecule is CC.CC(=S)NCCCCCC(=O)Nc1nc(-c2ccccc2)cs1.NS(=O)Cc1ccccc1. The summed E-state index contributed by atoms with van der Waals surface area (Å²) >= 11 is 6.40. The van der Waals surface area contributed by atoms with Crippen molar-refractivity contribution in [2.75, 3.05) is 11.9 Å². The van der Waals surface area contributed by atoms with Crippen molar-refractivity contribution in [1.29, 1.82) is 0 Å². The van der Waals surface area contributed by atoms with Gasteiger partial charge in [-0.15, -0.1) is 11.3 Å². The first-order chi connectivity index (χ1) is 16.9. The van der Waals surface area contributed by atoms with Crippen LogP contribution in [0.5, 0.6) is 0 Å². The van der Waals surface area contributed by atoms with Gasteiger partial charge in [-0.3, -0.25) is 9.93 Å². The second kappa shape index (κ2) is 18.8. The summed E-state index contributed by atoms with van der Waals surface area (Å²) in [6.45, 7) is 6.75. The normalized spacial score (nSPS) is 10.6. The van der Waals surface area contributed by atoms with Crippen molar-refractivity contribution in [3.8, 4) is 11.3 Å². The van der Waals surface area contributed by atoms with E-state index in [1.54, 1.807) is 0 Å². The molecule has 0 aliphatic carbocycles. The Labute approximate surface area is 221 Å². The number of thiocarbonyl (C=S) groups is 1. The molecule has 0 fully saturated rings. The fourth-order valence-corrected chi connectivity index (χ4v) is 4.20. The highest BCUT2D eigenvalue weighted by molar-refractivity contribution is 7.81. The molecule has 1 unspecified atom stereocenters. The van der Waals surface area contributed by atoms with Crippen molar-refractivity contribution in [2.45, 2.75) is 52.2 Å². The zero-order chi connectivity index (χ0) is 25.9. The lowest BCUT2D eigenvalue weighted by molar-refractivity contribution is -0.116. The molecule has 1 heterocycles. The van der Waals surface area contributed by atoms with Gasteiger partial charge < -0.3 is 10.6 Å². The largest absolute Gasteiger partial charge is 0.380 e. The number of benzene rings is 2. The Balaban J connectivity index is 0.000000425. The molecular weight excluding hydrogens is 497 g/mol. The molecule has 4 N–H and O–H groups in total. The van der Waals surface area contributed by atoms with Crippen LogP contribution in [0.3, 0.4) is 0 Å². The van der Waals surface area contributed by atoms with Crippen LogP contribution in [0.25, 0.3) is 11.3 Å². The van der Waals surface area contributed by atoms with Gasteiger partial charge in [-0.05, 0) is 25.3 Å². The molecule has 0 aliphatic heterocycles. The van der Waals surface area contributed by atoms with Gasteiger partial charge in [0.25, 0.3) is 0 Å². The molecule has 1 aromatic heterocycles. The number of aromatic nitrogens is 1. The summed E-state index contributed by atoms with van der Waals surface area (Å²) in [5.41, 5.74) is 2.97. The zero-order valence-corrected chi connectivity index (χ0v) is 23.1. The molecule has 0 saturated heterocycles. The van der Waals surface area contributed by atoms with E-state index < -0.39 is 11.0 Å². The smallest absolute Gasteiger partial charge is 0.226 e. The van der Waals surface area contributed by atoms with E-state index in [4.69, 9.17) is 17.4 Å². The Morgan fingerprint density at radius 3 is 2.26 bits per heavy atom. The lowest BCUT2D eigenvalue weighted by Gasteiger charge is -2.04. The predicted octanol–water partition coefficient (Wildman–Crippen LogP) is 6.08. The number of amides is 1. The van der Waals surface area contributed by atoms with E-state index in [0.717, 1.165) is 47.6 Å². The van der Waals surface area contributed by atoms with Crippen LogP contribution in [-0.2, 0) is 21.5 Å². The maximum absolute atomic E-state index is 11.9. The second-order valence-electron chi connectivity index (χ2n) is 7.26. The minimum atomic E-state index is -1.22. The van der Waals surface area contributed by atoms with Gasteiger partial charge in [0.2, 0.25) is 5.91 Å². The summed E-state index contributed by atoms with van der Waals surface area (Å²) in [4.78, 5) is 17.2. The molecule has 0 radical (unpaired) electrons. The highest BCUT2D eigenvalue weighted by atomic mass is 32.2. The quantitative estimate of drug-likeness (QED) is 0.217. The molecule has 1 atom stereocenters. The Morgan fingerprint density at radius 2 is 1.66 bits per heavy atom. The fourth-order valence-electron chi connectivity index (χ4n) is 2.84. The van der Waals surface area contributed by atoms with Crippen molar-refractivity contribution in [3.63, 3.8) is 0 Å². The van der Waals surface area contributed by atoms with Gasteiger partial charge in [-0.1, -0.05) is 93.1 Å². The molecule has 3 aromatic rings. The van der Waals surface area contributed by atoms with Crippen LogP contribution in [0.2, 0.25) is 0 Å². The van der Waals surface area contributed by atoms with Crippen LogP contribution >= 0.6 is 23.6 Å². The molecular formula is C26H36N4O2S3. The number of nitrogens with one attached hydrogen (secondary N) is 2. The van der Waals surface area contributed by atoms with E-state index in [2.05, 4.69) is 15.6 Å². The molecule has 35 heavy (non-hydrogen) atoms. The average Bonchev–Trinajstić information content (AvgIpc) is 3.32. The van der Waals surface area contributed by atoms with Gasteiger partial charge in [0.05, 0.1) is 27.4 Å². The standard InChI is InChI=1S/C17H21N3OS2.C7H9NOS.C2H6/c1-13(22)18-11-7-3-6-10-16(21)20-17-19-15(12-23-17)14-8-4-2-5-9-14;8-10(9)6-7-4-2-1-3-5-7;1-2/h2,4-5,8-9,12H,3,6-7,10-11H2,1H3,(H,18,22)(H,19,20,21);1-5H,6,8H2;1-2H3. The lowest BCUT2D eigenvalue weighted by atomic mass is 10.2. The molecule has 0 spiro atoms. The molecule has 0 bridgehead atoms. The van der Waals surface area contributed by atoms with E-state index >= 15 is 0 Å². The Bertz CT molecular complexity index is 1010. The highest BCUT2D eigenvalue weighted by Crippen LogP contribution is 2.24. The summed E-state index contributed by atoms with van der Waals surface area (Å²) in [6, 6.07) is 19.5. The Morgan fingerprint density at radius 1 is 1.03 bits per heavy atom. The van der Waals surface area contributed by atoms with E-state index in [1.807, 2.05) is 86.8 Å². The first-order valence-electron chi connectivity index (χ1n) is 11.7. The number of carbonyl (C=O) groups is 1. The third-order valence-corrected chi connectivity index (χ3v) is 5.95. The number of hydrogen-bond donors (Lipinski definition) is 3. The van der Waals surface area contributed by atoms with Gasteiger partial charge in [0, 0.05) is 23.9 Å². The molecule has 6 nitrogen and oxygen atoms in total. The van der Waals surface area contributed by atoms with Crippen LogP contribution < -0.4 is 15.8 Å². The molecule has 2 aromatic carbocycles. The van der Waals surface area contributed by atoms with Gasteiger partial charge >= 0.3 is 0 Å². The van der Waals surface area contributed by atoms with Crippen molar-refractivity contribution < 1.29 is 9.00 Å². The third kappa shape index (κ3) is 14.5. The van der Waals surface area contributed by atoms with E-state index in [0.29, 0.717) is 17.3 Å². The van der Waals surface area contributed by atoms with Crippen molar-refractivity contribution >= 4 is 50.6 Å². The number of hydrogen-bond acceptors (Lipinski definition) is 5. The maximum atomic E-state index is 11.9. The molecule has 0 aliphatic rings. The van der Waals surface area contributed by atoms with Crippen LogP contribution in [0, 0.1) is 0 Å². The number of anilines is 1. The van der Waals surface area contributed by atoms with Gasteiger partial charge in [-0.2, -0.15) is 0 Å². The van der Waals surface area contributed by atoms with E-state index in [-0.39, 0.29) is 5.91 Å². The Hall–Kier alpha value is -2.46. The van der Waals surface area contributed by atoms with Crippen LogP contribution in [0.15, 0.2) is 66.0 Å². The summed E-state index contributed by atoms with van der Waals surface area (Å²) in [6.07, 6.45) is 3.44. The predicted molar refractivity (Wildman–Crippen MR) is 155 cm³/mol. The summed E-state index contributed by atoms with van der Waals surface area (Å²) in [7, 11) is -1.22. The summed E-state index contributed by atoms with van der Waals surface area (Å²) in [5.74, 6) is 0.471. The van der Waals surface area contributed by atoms with E-state index in [1.165, 1.54) is 11.3 Å². The highest BCUT2D eigenvalue weighted by Gasteiger charge is 2.07. The minimum Gasteiger partial charge on any atom is -0.380 e. The topological polar surface area (TPSA) is 97.1 Å². The first kappa shape index (κ1) is 30.6. The lowest BCUT2D eigenvalue weighted by Crippen LogP contribution is -2.19. The number of nitrogens with zero attached hydrogens (tertiary/aromatic N) is 1. The first-order valence-corrected chi connectivity index (χ1v) is 14.3. The van der Waals surface area contributed by atoms with Gasteiger partial charge in [0.1, 0.15) is 0 Å². The number of nitrogens with two attached hydrogens (primary N) is 1. The third-order valence-electron chi connectivity index (χ3n) is 4.43. The number of thiazole rings is 1. The van der Waals surface area contributed by atoms with Crippen molar-refractivity contribution in [1.82, 2.24) is 10.3 Å². The molecule has 1 amide bonds. The summed E-state index contributed by atoms with van der Waals surface area (Å²) in [5, 5.41) is 13.7. The van der Waals surface area contributed by atoms with Crippen LogP contribution in [0.1, 0.15) is 52.0 Å². The van der Waals surface area contributed by atoms with Crippen molar-refractivity contribution in [2.24, 2.45) is 5.14 Å². The monoisotopic (exact) mass is 532 g/mol. The fraction of sp³-hybridized carbons (Fsp3) is 0.346. The van der Waals surface area contributed by atoms with Gasteiger partial charge in [-0.25, -0.2) is 9.19 Å². The number of carbonyl (C=O) groups excluding carboxylic acids is 1. The number of unbranched alkanes of at least 4 members (excludes halogenated alkanes) is 2.